The summed E-state index contributed by atoms with van der Waals surface area (Å²) in [6.07, 6.45) is 3.17. The SMILES string of the molecule is CNCc1cc(S(=O)(=O)Nc2ccncc2C)c(Br)s1. The van der Waals surface area contributed by atoms with Crippen LogP contribution >= 0.6 is 27.3 Å². The van der Waals surface area contributed by atoms with Crippen molar-refractivity contribution in [3.05, 3.63) is 38.8 Å². The summed E-state index contributed by atoms with van der Waals surface area (Å²) >= 11 is 4.72. The predicted octanol–water partition coefficient (Wildman–Crippen LogP) is 2.73. The molecule has 2 rings (SSSR count). The Morgan fingerprint density at radius 2 is 2.20 bits per heavy atom. The number of aromatic nitrogens is 1. The van der Waals surface area contributed by atoms with Gasteiger partial charge in [-0.25, -0.2) is 8.42 Å². The zero-order valence-electron chi connectivity index (χ0n) is 11.0. The lowest BCUT2D eigenvalue weighted by molar-refractivity contribution is 0.601. The fourth-order valence-electron chi connectivity index (χ4n) is 1.63. The monoisotopic (exact) mass is 375 g/mol. The molecule has 0 aliphatic heterocycles. The molecule has 0 radical (unpaired) electrons. The quantitative estimate of drug-likeness (QED) is 0.842. The Morgan fingerprint density at radius 3 is 2.85 bits per heavy atom. The lowest BCUT2D eigenvalue weighted by atomic mass is 10.3. The topological polar surface area (TPSA) is 71.1 Å². The minimum Gasteiger partial charge on any atom is -0.315 e. The molecule has 2 aromatic heterocycles. The van der Waals surface area contributed by atoms with Gasteiger partial charge in [-0.3, -0.25) is 9.71 Å². The minimum absolute atomic E-state index is 0.254. The van der Waals surface area contributed by atoms with Crippen LogP contribution in [0.3, 0.4) is 0 Å². The molecular weight excluding hydrogens is 362 g/mol. The van der Waals surface area contributed by atoms with E-state index in [1.54, 1.807) is 31.5 Å². The van der Waals surface area contributed by atoms with E-state index < -0.39 is 10.0 Å². The van der Waals surface area contributed by atoms with Crippen molar-refractivity contribution in [2.45, 2.75) is 18.4 Å². The third-order valence-corrected chi connectivity index (χ3v) is 6.23. The lowest BCUT2D eigenvalue weighted by Crippen LogP contribution is -2.13. The van der Waals surface area contributed by atoms with E-state index in [0.717, 1.165) is 10.4 Å². The first-order chi connectivity index (χ1) is 9.44. The summed E-state index contributed by atoms with van der Waals surface area (Å²) in [5.41, 5.74) is 1.31. The van der Waals surface area contributed by atoms with Gasteiger partial charge in [0.05, 0.1) is 9.47 Å². The zero-order chi connectivity index (χ0) is 14.8. The van der Waals surface area contributed by atoms with Crippen molar-refractivity contribution >= 4 is 43.0 Å². The summed E-state index contributed by atoms with van der Waals surface area (Å²) in [4.78, 5) is 5.15. The third kappa shape index (κ3) is 3.38. The van der Waals surface area contributed by atoms with Crippen LogP contribution in [-0.2, 0) is 16.6 Å². The Morgan fingerprint density at radius 1 is 1.45 bits per heavy atom. The number of nitrogens with one attached hydrogen (secondary N) is 2. The average molecular weight is 376 g/mol. The number of halogens is 1. The van der Waals surface area contributed by atoms with Crippen LogP contribution in [0.5, 0.6) is 0 Å². The summed E-state index contributed by atoms with van der Waals surface area (Å²) in [6, 6.07) is 3.31. The van der Waals surface area contributed by atoms with Gasteiger partial charge in [0.25, 0.3) is 10.0 Å². The van der Waals surface area contributed by atoms with Gasteiger partial charge in [0.2, 0.25) is 0 Å². The van der Waals surface area contributed by atoms with Crippen molar-refractivity contribution in [3.63, 3.8) is 0 Å². The molecule has 0 aliphatic rings. The number of hydrogen-bond donors (Lipinski definition) is 2. The largest absolute Gasteiger partial charge is 0.315 e. The van der Waals surface area contributed by atoms with E-state index in [1.807, 2.05) is 7.05 Å². The van der Waals surface area contributed by atoms with Crippen LogP contribution in [0, 0.1) is 6.92 Å². The Balaban J connectivity index is 2.33. The van der Waals surface area contributed by atoms with Gasteiger partial charge < -0.3 is 5.32 Å². The van der Waals surface area contributed by atoms with Crippen LogP contribution in [0.15, 0.2) is 33.2 Å². The van der Waals surface area contributed by atoms with Crippen LogP contribution in [0.1, 0.15) is 10.4 Å². The van der Waals surface area contributed by atoms with Gasteiger partial charge in [0.15, 0.2) is 0 Å². The van der Waals surface area contributed by atoms with Gasteiger partial charge in [-0.2, -0.15) is 0 Å². The smallest absolute Gasteiger partial charge is 0.263 e. The summed E-state index contributed by atoms with van der Waals surface area (Å²) in [5, 5.41) is 3.00. The number of thiophene rings is 1. The fourth-order valence-corrected chi connectivity index (χ4v) is 5.46. The van der Waals surface area contributed by atoms with E-state index in [1.165, 1.54) is 11.3 Å². The molecule has 0 fully saturated rings. The first kappa shape index (κ1) is 15.4. The van der Waals surface area contributed by atoms with Crippen molar-refractivity contribution < 1.29 is 8.42 Å². The molecule has 0 saturated carbocycles. The predicted molar refractivity (Wildman–Crippen MR) is 84.6 cm³/mol. The van der Waals surface area contributed by atoms with E-state index in [9.17, 15) is 8.42 Å². The summed E-state index contributed by atoms with van der Waals surface area (Å²) in [5.74, 6) is 0. The second-order valence-corrected chi connectivity index (χ2v) is 8.28. The molecule has 0 spiro atoms. The van der Waals surface area contributed by atoms with Gasteiger partial charge in [-0.1, -0.05) is 0 Å². The van der Waals surface area contributed by atoms with Crippen molar-refractivity contribution in [2.24, 2.45) is 0 Å². The number of aryl methyl sites for hydroxylation is 1. The van der Waals surface area contributed by atoms with Gasteiger partial charge in [0, 0.05) is 23.8 Å². The van der Waals surface area contributed by atoms with Crippen molar-refractivity contribution in [2.75, 3.05) is 11.8 Å². The Bertz CT molecular complexity index is 713. The maximum absolute atomic E-state index is 12.4. The molecule has 2 N–H and O–H groups in total. The average Bonchev–Trinajstić information content (AvgIpc) is 2.74. The van der Waals surface area contributed by atoms with Crippen molar-refractivity contribution in [1.29, 1.82) is 0 Å². The van der Waals surface area contributed by atoms with Gasteiger partial charge >= 0.3 is 0 Å². The van der Waals surface area contributed by atoms with E-state index in [0.29, 0.717) is 16.0 Å². The molecule has 8 heteroatoms. The van der Waals surface area contributed by atoms with E-state index in [4.69, 9.17) is 0 Å². The Kier molecular flexibility index (Phi) is 4.79. The number of anilines is 1. The first-order valence-corrected chi connectivity index (χ1v) is 8.89. The summed E-state index contributed by atoms with van der Waals surface area (Å²) < 4.78 is 28.0. The normalized spacial score (nSPS) is 11.6. The van der Waals surface area contributed by atoms with Crippen LogP contribution in [0.4, 0.5) is 5.69 Å². The van der Waals surface area contributed by atoms with E-state index >= 15 is 0 Å². The van der Waals surface area contributed by atoms with Crippen molar-refractivity contribution in [3.8, 4) is 0 Å². The highest BCUT2D eigenvalue weighted by atomic mass is 79.9. The Labute approximate surface area is 130 Å². The first-order valence-electron chi connectivity index (χ1n) is 5.80. The molecule has 0 aromatic carbocycles. The minimum atomic E-state index is -3.61. The maximum atomic E-state index is 12.4. The van der Waals surface area contributed by atoms with Gasteiger partial charge in [0.1, 0.15) is 4.90 Å². The highest BCUT2D eigenvalue weighted by molar-refractivity contribution is 9.11. The maximum Gasteiger partial charge on any atom is 0.263 e. The van der Waals surface area contributed by atoms with Crippen molar-refractivity contribution in [1.82, 2.24) is 10.3 Å². The lowest BCUT2D eigenvalue weighted by Gasteiger charge is -2.09. The number of nitrogens with zero attached hydrogens (tertiary/aromatic N) is 1. The van der Waals surface area contributed by atoms with Crippen LogP contribution in [-0.4, -0.2) is 20.4 Å². The molecule has 2 aromatic rings. The third-order valence-electron chi connectivity index (χ3n) is 2.61. The highest BCUT2D eigenvalue weighted by Crippen LogP contribution is 2.33. The zero-order valence-corrected chi connectivity index (χ0v) is 14.2. The van der Waals surface area contributed by atoms with Crippen LogP contribution < -0.4 is 10.0 Å². The summed E-state index contributed by atoms with van der Waals surface area (Å²) in [7, 11) is -1.79. The molecule has 0 bridgehead atoms. The molecule has 5 nitrogen and oxygen atoms in total. The molecule has 0 aliphatic carbocycles. The molecule has 2 heterocycles. The number of rotatable bonds is 5. The molecule has 0 unspecified atom stereocenters. The number of hydrogen-bond acceptors (Lipinski definition) is 5. The molecule has 0 atom stereocenters. The van der Waals surface area contributed by atoms with Gasteiger partial charge in [-0.15, -0.1) is 11.3 Å². The summed E-state index contributed by atoms with van der Waals surface area (Å²) in [6.45, 7) is 2.44. The molecule has 108 valence electrons. The van der Waals surface area contributed by atoms with Crippen LogP contribution in [0.25, 0.3) is 0 Å². The number of sulfonamides is 1. The van der Waals surface area contributed by atoms with E-state index in [-0.39, 0.29) is 4.90 Å². The molecule has 20 heavy (non-hydrogen) atoms. The molecule has 0 saturated heterocycles. The number of pyridine rings is 1. The molecular formula is C12H14BrN3O2S2. The second kappa shape index (κ2) is 6.21. The second-order valence-electron chi connectivity index (χ2n) is 4.18. The fraction of sp³-hybridized carbons (Fsp3) is 0.250. The highest BCUT2D eigenvalue weighted by Gasteiger charge is 2.21. The van der Waals surface area contributed by atoms with E-state index in [2.05, 4.69) is 31.0 Å². The van der Waals surface area contributed by atoms with Gasteiger partial charge in [-0.05, 0) is 47.6 Å². The standard InChI is InChI=1S/C12H14BrN3O2S2/c1-8-6-15-4-3-10(8)16-20(17,18)11-5-9(7-14-2)19-12(11)13/h3-6,14H,7H2,1-2H3,(H,15,16). The molecule has 0 amide bonds. The van der Waals surface area contributed by atoms with Crippen LogP contribution in [0.2, 0.25) is 0 Å². The Hall–Kier alpha value is -0.960.